The number of halogens is 2. The molecule has 1 atom stereocenters. The Balaban J connectivity index is 0.000000223. The standard InChI is InChI=1S/C12H17N3OS.C7H6F2O/c1-12(2)5-3-9(12)11(16)15-8-4-6-14-10(7-8)17-13;1-10-6-4-2-3-5(8)7(6)9/h4,6-7,9H,3,5,13H2,1-2H3,(H,14,15,16);2-4H,1H3. The fourth-order valence-corrected chi connectivity index (χ4v) is 3.09. The summed E-state index contributed by atoms with van der Waals surface area (Å²) in [6.07, 6.45) is 3.74. The minimum absolute atomic E-state index is 0.0694. The summed E-state index contributed by atoms with van der Waals surface area (Å²) in [5, 5.41) is 9.06. The Bertz CT molecular complexity index is 802. The SMILES string of the molecule is CC1(C)CCC1C(=O)Nc1ccnc(SN)c1.COc1cccc(F)c1F. The van der Waals surface area contributed by atoms with E-state index in [1.54, 1.807) is 18.3 Å². The van der Waals surface area contributed by atoms with E-state index < -0.39 is 11.6 Å². The summed E-state index contributed by atoms with van der Waals surface area (Å²) in [4.78, 5) is 16.1. The van der Waals surface area contributed by atoms with Crippen molar-refractivity contribution in [2.24, 2.45) is 16.5 Å². The molecule has 1 aromatic carbocycles. The average Bonchev–Trinajstić information content (AvgIpc) is 2.63. The van der Waals surface area contributed by atoms with Crippen LogP contribution in [0.5, 0.6) is 5.75 Å². The number of rotatable bonds is 4. The summed E-state index contributed by atoms with van der Waals surface area (Å²) in [7, 11) is 1.29. The van der Waals surface area contributed by atoms with Gasteiger partial charge in [0.15, 0.2) is 11.6 Å². The van der Waals surface area contributed by atoms with Crippen molar-refractivity contribution < 1.29 is 18.3 Å². The molecule has 1 unspecified atom stereocenters. The molecule has 1 amide bonds. The molecule has 8 heteroatoms. The molecule has 3 rings (SSSR count). The normalized spacial score (nSPS) is 17.2. The van der Waals surface area contributed by atoms with Gasteiger partial charge < -0.3 is 10.1 Å². The quantitative estimate of drug-likeness (QED) is 0.751. The van der Waals surface area contributed by atoms with Crippen LogP contribution in [0.3, 0.4) is 0 Å². The predicted octanol–water partition coefficient (Wildman–Crippen LogP) is 4.40. The van der Waals surface area contributed by atoms with Crippen molar-refractivity contribution in [3.05, 3.63) is 48.2 Å². The lowest BCUT2D eigenvalue weighted by Crippen LogP contribution is -2.42. The Morgan fingerprint density at radius 3 is 2.63 bits per heavy atom. The highest BCUT2D eigenvalue weighted by atomic mass is 32.2. The van der Waals surface area contributed by atoms with Gasteiger partial charge in [-0.1, -0.05) is 19.9 Å². The van der Waals surface area contributed by atoms with E-state index in [-0.39, 0.29) is 23.0 Å². The molecule has 1 aliphatic carbocycles. The fourth-order valence-electron chi connectivity index (χ4n) is 2.77. The van der Waals surface area contributed by atoms with Crippen LogP contribution in [0.25, 0.3) is 0 Å². The van der Waals surface area contributed by atoms with E-state index in [1.165, 1.54) is 19.2 Å². The van der Waals surface area contributed by atoms with Crippen molar-refractivity contribution in [3.8, 4) is 5.75 Å². The molecule has 3 N–H and O–H groups in total. The van der Waals surface area contributed by atoms with Gasteiger partial charge in [0.05, 0.1) is 7.11 Å². The summed E-state index contributed by atoms with van der Waals surface area (Å²) in [5.74, 6) is -1.69. The Morgan fingerprint density at radius 1 is 1.37 bits per heavy atom. The summed E-state index contributed by atoms with van der Waals surface area (Å²) < 4.78 is 29.3. The van der Waals surface area contributed by atoms with E-state index in [0.29, 0.717) is 5.03 Å². The minimum Gasteiger partial charge on any atom is -0.494 e. The lowest BCUT2D eigenvalue weighted by Gasteiger charge is -2.43. The van der Waals surface area contributed by atoms with E-state index >= 15 is 0 Å². The zero-order chi connectivity index (χ0) is 20.0. The highest BCUT2D eigenvalue weighted by molar-refractivity contribution is 7.97. The topological polar surface area (TPSA) is 77.2 Å². The predicted molar refractivity (Wildman–Crippen MR) is 102 cm³/mol. The maximum absolute atomic E-state index is 12.5. The number of ether oxygens (including phenoxy) is 1. The molecular formula is C19H23F2N3O2S. The monoisotopic (exact) mass is 395 g/mol. The smallest absolute Gasteiger partial charge is 0.228 e. The molecule has 0 spiro atoms. The second kappa shape index (κ2) is 9.14. The average molecular weight is 395 g/mol. The van der Waals surface area contributed by atoms with Crippen LogP contribution >= 0.6 is 11.9 Å². The van der Waals surface area contributed by atoms with Gasteiger partial charge in [0.1, 0.15) is 5.03 Å². The number of benzene rings is 1. The molecular weight excluding hydrogens is 372 g/mol. The van der Waals surface area contributed by atoms with Crippen molar-refractivity contribution in [1.29, 1.82) is 0 Å². The third kappa shape index (κ3) is 5.40. The molecule has 5 nitrogen and oxygen atoms in total. The van der Waals surface area contributed by atoms with Crippen molar-refractivity contribution in [3.63, 3.8) is 0 Å². The molecule has 1 saturated carbocycles. The van der Waals surface area contributed by atoms with E-state index in [4.69, 9.17) is 5.14 Å². The number of pyridine rings is 1. The number of aromatic nitrogens is 1. The lowest BCUT2D eigenvalue weighted by molar-refractivity contribution is -0.128. The van der Waals surface area contributed by atoms with Crippen LogP contribution in [-0.2, 0) is 4.79 Å². The Morgan fingerprint density at radius 2 is 2.11 bits per heavy atom. The number of methoxy groups -OCH3 is 1. The fraction of sp³-hybridized carbons (Fsp3) is 0.368. The highest BCUT2D eigenvalue weighted by Gasteiger charge is 2.43. The summed E-state index contributed by atoms with van der Waals surface area (Å²) in [6, 6.07) is 7.35. The first-order chi connectivity index (χ1) is 12.8. The van der Waals surface area contributed by atoms with E-state index in [9.17, 15) is 13.6 Å². The van der Waals surface area contributed by atoms with Crippen LogP contribution in [0.1, 0.15) is 26.7 Å². The van der Waals surface area contributed by atoms with Gasteiger partial charge >= 0.3 is 0 Å². The number of hydrogen-bond donors (Lipinski definition) is 2. The molecule has 1 aliphatic rings. The maximum atomic E-state index is 12.5. The molecule has 1 aromatic heterocycles. The van der Waals surface area contributed by atoms with Crippen molar-refractivity contribution in [2.75, 3.05) is 12.4 Å². The number of anilines is 1. The van der Waals surface area contributed by atoms with Crippen molar-refractivity contribution in [2.45, 2.75) is 31.7 Å². The second-order valence-corrected chi connectivity index (χ2v) is 7.48. The Hall–Kier alpha value is -2.19. The summed E-state index contributed by atoms with van der Waals surface area (Å²) in [5.41, 5.74) is 0.892. The summed E-state index contributed by atoms with van der Waals surface area (Å²) >= 11 is 1.08. The molecule has 27 heavy (non-hydrogen) atoms. The van der Waals surface area contributed by atoms with Crippen molar-refractivity contribution >= 4 is 23.5 Å². The third-order valence-electron chi connectivity index (χ3n) is 4.60. The van der Waals surface area contributed by atoms with Gasteiger partial charge in [0, 0.05) is 17.8 Å². The minimum atomic E-state index is -0.940. The number of amides is 1. The zero-order valence-electron chi connectivity index (χ0n) is 15.5. The number of nitrogens with zero attached hydrogens (tertiary/aromatic N) is 1. The Kier molecular flexibility index (Phi) is 7.15. The van der Waals surface area contributed by atoms with E-state index in [0.717, 1.165) is 36.5 Å². The molecule has 0 bridgehead atoms. The number of nitrogens with one attached hydrogen (secondary N) is 1. The first-order valence-electron chi connectivity index (χ1n) is 8.40. The highest BCUT2D eigenvalue weighted by Crippen LogP contribution is 2.46. The number of carbonyl (C=O) groups is 1. The molecule has 0 saturated heterocycles. The maximum Gasteiger partial charge on any atom is 0.228 e. The second-order valence-electron chi connectivity index (χ2n) is 6.83. The van der Waals surface area contributed by atoms with Gasteiger partial charge in [-0.15, -0.1) is 0 Å². The van der Waals surface area contributed by atoms with Crippen LogP contribution in [0.2, 0.25) is 0 Å². The van der Waals surface area contributed by atoms with Gasteiger partial charge in [0.25, 0.3) is 0 Å². The van der Waals surface area contributed by atoms with Crippen molar-refractivity contribution in [1.82, 2.24) is 4.98 Å². The van der Waals surface area contributed by atoms with Crippen LogP contribution in [0.15, 0.2) is 41.6 Å². The first-order valence-corrected chi connectivity index (χ1v) is 9.28. The molecule has 1 heterocycles. The van der Waals surface area contributed by atoms with Gasteiger partial charge in [-0.3, -0.25) is 9.93 Å². The first kappa shape index (κ1) is 21.1. The largest absolute Gasteiger partial charge is 0.494 e. The number of nitrogens with two attached hydrogens (primary N) is 1. The van der Waals surface area contributed by atoms with Gasteiger partial charge in [-0.05, 0) is 54.5 Å². The van der Waals surface area contributed by atoms with E-state index in [1.807, 2.05) is 0 Å². The molecule has 1 fully saturated rings. The van der Waals surface area contributed by atoms with Gasteiger partial charge in [0.2, 0.25) is 11.7 Å². The third-order valence-corrected chi connectivity index (χ3v) is 5.06. The van der Waals surface area contributed by atoms with Gasteiger partial charge in [-0.2, -0.15) is 4.39 Å². The number of hydrogen-bond acceptors (Lipinski definition) is 5. The van der Waals surface area contributed by atoms with E-state index in [2.05, 4.69) is 28.9 Å². The molecule has 146 valence electrons. The van der Waals surface area contributed by atoms with Crippen LogP contribution in [0.4, 0.5) is 14.5 Å². The Labute approximate surface area is 161 Å². The van der Waals surface area contributed by atoms with Gasteiger partial charge in [-0.25, -0.2) is 9.37 Å². The van der Waals surface area contributed by atoms with Crippen LogP contribution in [-0.4, -0.2) is 18.0 Å². The lowest BCUT2D eigenvalue weighted by atomic mass is 9.62. The molecule has 0 radical (unpaired) electrons. The zero-order valence-corrected chi connectivity index (χ0v) is 16.3. The summed E-state index contributed by atoms with van der Waals surface area (Å²) in [6.45, 7) is 4.27. The number of carbonyl (C=O) groups excluding carboxylic acids is 1. The van der Waals surface area contributed by atoms with Crippen LogP contribution in [0, 0.1) is 23.0 Å². The van der Waals surface area contributed by atoms with Crippen LogP contribution < -0.4 is 15.2 Å². The molecule has 0 aliphatic heterocycles. The molecule has 2 aromatic rings.